The number of carbonyl (C=O) groups excluding carboxylic acids is 1. The van der Waals surface area contributed by atoms with Gasteiger partial charge in [-0.05, 0) is 57.9 Å². The number of azide groups is 1. The van der Waals surface area contributed by atoms with Crippen LogP contribution in [-0.4, -0.2) is 77.1 Å². The number of nitrogens with one attached hydrogen (secondary N) is 1. The van der Waals surface area contributed by atoms with Gasteiger partial charge in [-0.2, -0.15) is 0 Å². The highest BCUT2D eigenvalue weighted by Crippen LogP contribution is 2.24. The van der Waals surface area contributed by atoms with Gasteiger partial charge in [-0.25, -0.2) is 4.79 Å². The lowest BCUT2D eigenvalue weighted by molar-refractivity contribution is -0.00754. The minimum absolute atomic E-state index is 0.191. The highest BCUT2D eigenvalue weighted by molar-refractivity contribution is 5.68. The number of nitrogens with zero attached hydrogens (tertiary/aromatic N) is 3. The third-order valence-corrected chi connectivity index (χ3v) is 4.44. The summed E-state index contributed by atoms with van der Waals surface area (Å²) in [7, 11) is 0. The van der Waals surface area contributed by atoms with E-state index in [2.05, 4.69) is 15.3 Å². The average molecular weight is 431 g/mol. The van der Waals surface area contributed by atoms with E-state index in [1.165, 1.54) is 0 Å². The molecule has 1 amide bonds. The molecule has 0 aliphatic heterocycles. The molecule has 1 N–H and O–H groups in total. The molecule has 0 aromatic carbocycles. The predicted octanol–water partition coefficient (Wildman–Crippen LogP) is 3.45. The molecule has 0 aromatic rings. The number of carbonyl (C=O) groups is 1. The molecule has 0 heterocycles. The van der Waals surface area contributed by atoms with Crippen LogP contribution in [0.25, 0.3) is 10.4 Å². The first-order valence-corrected chi connectivity index (χ1v) is 10.7. The number of hydrogen-bond acceptors (Lipinski definition) is 7. The number of amides is 1. The van der Waals surface area contributed by atoms with Gasteiger partial charge in [0.05, 0.1) is 46.2 Å². The van der Waals surface area contributed by atoms with Gasteiger partial charge in [0, 0.05) is 24.1 Å². The minimum atomic E-state index is -0.466. The summed E-state index contributed by atoms with van der Waals surface area (Å²) in [4.78, 5) is 14.5. The van der Waals surface area contributed by atoms with Crippen molar-refractivity contribution in [2.45, 2.75) is 58.1 Å². The lowest BCUT2D eigenvalue weighted by atomic mass is 9.86. The van der Waals surface area contributed by atoms with Crippen LogP contribution in [0.5, 0.6) is 0 Å². The van der Waals surface area contributed by atoms with Gasteiger partial charge in [-0.1, -0.05) is 5.11 Å². The first kappa shape index (κ1) is 26.5. The Bertz CT molecular complexity index is 500. The van der Waals surface area contributed by atoms with Crippen molar-refractivity contribution in [2.75, 3.05) is 59.4 Å². The Morgan fingerprint density at radius 2 is 1.47 bits per heavy atom. The third-order valence-electron chi connectivity index (χ3n) is 4.44. The van der Waals surface area contributed by atoms with Crippen molar-refractivity contribution in [3.05, 3.63) is 10.4 Å². The number of rotatable bonds is 15. The highest BCUT2D eigenvalue weighted by atomic mass is 16.6. The van der Waals surface area contributed by atoms with E-state index in [9.17, 15) is 4.79 Å². The number of hydrogen-bond donors (Lipinski definition) is 1. The zero-order valence-corrected chi connectivity index (χ0v) is 18.6. The van der Waals surface area contributed by atoms with Crippen molar-refractivity contribution >= 4 is 6.09 Å². The summed E-state index contributed by atoms with van der Waals surface area (Å²) >= 11 is 0. The van der Waals surface area contributed by atoms with E-state index in [4.69, 9.17) is 29.2 Å². The maximum Gasteiger partial charge on any atom is 0.407 e. The Balaban J connectivity index is 1.87. The van der Waals surface area contributed by atoms with E-state index >= 15 is 0 Å². The smallest absolute Gasteiger partial charge is 0.407 e. The Kier molecular flexibility index (Phi) is 14.2. The van der Waals surface area contributed by atoms with Crippen LogP contribution < -0.4 is 5.32 Å². The normalized spacial score (nSPS) is 19.2. The van der Waals surface area contributed by atoms with Crippen LogP contribution in [-0.2, 0) is 23.7 Å². The van der Waals surface area contributed by atoms with E-state index in [1.54, 1.807) is 0 Å². The average Bonchev–Trinajstić information content (AvgIpc) is 2.68. The Morgan fingerprint density at radius 1 is 0.933 bits per heavy atom. The van der Waals surface area contributed by atoms with E-state index < -0.39 is 5.60 Å². The fourth-order valence-corrected chi connectivity index (χ4v) is 3.01. The fourth-order valence-electron chi connectivity index (χ4n) is 3.01. The van der Waals surface area contributed by atoms with Gasteiger partial charge in [0.1, 0.15) is 5.60 Å². The zero-order valence-electron chi connectivity index (χ0n) is 18.6. The molecule has 174 valence electrons. The molecule has 1 aliphatic rings. The maximum absolute atomic E-state index is 11.8. The predicted molar refractivity (Wildman–Crippen MR) is 112 cm³/mol. The molecule has 0 atom stereocenters. The van der Waals surface area contributed by atoms with E-state index in [-0.39, 0.29) is 12.1 Å². The van der Waals surface area contributed by atoms with Crippen molar-refractivity contribution in [2.24, 2.45) is 11.0 Å². The van der Waals surface area contributed by atoms with Gasteiger partial charge in [0.2, 0.25) is 0 Å². The van der Waals surface area contributed by atoms with Crippen molar-refractivity contribution in [1.82, 2.24) is 5.32 Å². The second-order valence-electron chi connectivity index (χ2n) is 8.23. The van der Waals surface area contributed by atoms with Crippen molar-refractivity contribution in [3.63, 3.8) is 0 Å². The first-order chi connectivity index (χ1) is 14.4. The van der Waals surface area contributed by atoms with Crippen LogP contribution in [0, 0.1) is 5.92 Å². The summed E-state index contributed by atoms with van der Waals surface area (Å²) in [5, 5.41) is 6.33. The summed E-state index contributed by atoms with van der Waals surface area (Å²) in [5.74, 6) is 0.531. The van der Waals surface area contributed by atoms with Crippen LogP contribution in [0.3, 0.4) is 0 Å². The van der Waals surface area contributed by atoms with Gasteiger partial charge in [-0.3, -0.25) is 0 Å². The molecular weight excluding hydrogens is 392 g/mol. The minimum Gasteiger partial charge on any atom is -0.444 e. The largest absolute Gasteiger partial charge is 0.444 e. The summed E-state index contributed by atoms with van der Waals surface area (Å²) in [6.07, 6.45) is 3.66. The second-order valence-corrected chi connectivity index (χ2v) is 8.23. The first-order valence-electron chi connectivity index (χ1n) is 10.7. The molecule has 10 heteroatoms. The highest BCUT2D eigenvalue weighted by Gasteiger charge is 2.24. The van der Waals surface area contributed by atoms with Crippen LogP contribution in [0.2, 0.25) is 0 Å². The molecule has 0 radical (unpaired) electrons. The van der Waals surface area contributed by atoms with Gasteiger partial charge >= 0.3 is 6.09 Å². The molecule has 1 saturated carbocycles. The molecule has 30 heavy (non-hydrogen) atoms. The van der Waals surface area contributed by atoms with Gasteiger partial charge < -0.3 is 29.0 Å². The molecular formula is C20H38N4O6. The van der Waals surface area contributed by atoms with Gasteiger partial charge in [0.25, 0.3) is 0 Å². The van der Waals surface area contributed by atoms with Crippen molar-refractivity contribution in [1.29, 1.82) is 0 Å². The monoisotopic (exact) mass is 430 g/mol. The van der Waals surface area contributed by atoms with E-state index in [1.807, 2.05) is 20.8 Å². The second kappa shape index (κ2) is 16.2. The summed E-state index contributed by atoms with van der Waals surface area (Å²) in [6, 6.07) is 0.191. The Hall–Kier alpha value is -1.58. The zero-order chi connectivity index (χ0) is 22.1. The third kappa shape index (κ3) is 15.3. The molecule has 10 nitrogen and oxygen atoms in total. The summed E-state index contributed by atoms with van der Waals surface area (Å²) in [6.45, 7) is 10.2. The molecule has 0 saturated heterocycles. The van der Waals surface area contributed by atoms with Crippen LogP contribution in [0.15, 0.2) is 5.11 Å². The molecule has 1 fully saturated rings. The summed E-state index contributed by atoms with van der Waals surface area (Å²) < 4.78 is 27.1. The fraction of sp³-hybridized carbons (Fsp3) is 0.950. The van der Waals surface area contributed by atoms with Crippen molar-refractivity contribution < 1.29 is 28.5 Å². The maximum atomic E-state index is 11.8. The molecule has 0 bridgehead atoms. The van der Waals surface area contributed by atoms with Crippen LogP contribution >= 0.6 is 0 Å². The molecule has 0 unspecified atom stereocenters. The van der Waals surface area contributed by atoms with E-state index in [0.717, 1.165) is 32.3 Å². The lowest BCUT2D eigenvalue weighted by Gasteiger charge is -2.30. The topological polar surface area (TPSA) is 124 Å². The standard InChI is InChI=1S/C20H38N4O6/c1-20(2,3)30-19(25)23-18-6-4-17(5-7-18)16-29-15-14-28-13-12-27-11-10-26-9-8-22-24-21/h17-18H,4-16H2,1-3H3,(H,23,25). The lowest BCUT2D eigenvalue weighted by Crippen LogP contribution is -2.41. The number of ether oxygens (including phenoxy) is 5. The van der Waals surface area contributed by atoms with E-state index in [0.29, 0.717) is 58.7 Å². The van der Waals surface area contributed by atoms with Crippen LogP contribution in [0.4, 0.5) is 4.79 Å². The molecule has 0 spiro atoms. The summed E-state index contributed by atoms with van der Waals surface area (Å²) in [5.41, 5.74) is 7.65. The van der Waals surface area contributed by atoms with Crippen molar-refractivity contribution in [3.8, 4) is 0 Å². The Morgan fingerprint density at radius 3 is 2.00 bits per heavy atom. The van der Waals surface area contributed by atoms with Crippen LogP contribution in [0.1, 0.15) is 46.5 Å². The van der Waals surface area contributed by atoms with Gasteiger partial charge in [-0.15, -0.1) is 0 Å². The molecule has 1 aliphatic carbocycles. The van der Waals surface area contributed by atoms with Gasteiger partial charge in [0.15, 0.2) is 0 Å². The SMILES string of the molecule is CC(C)(C)OC(=O)NC1CCC(COCCOCCOCCOCCN=[N+]=[N-])CC1. The molecule has 1 rings (SSSR count). The molecule has 0 aromatic heterocycles. The quantitative estimate of drug-likeness (QED) is 0.184. The Labute approximate surface area is 179 Å². The number of alkyl carbamates (subject to hydrolysis) is 1.